The van der Waals surface area contributed by atoms with Gasteiger partial charge in [0, 0.05) is 32.7 Å². The van der Waals surface area contributed by atoms with Gasteiger partial charge in [-0.1, -0.05) is 6.07 Å². The Kier molecular flexibility index (Phi) is 10.8. The fourth-order valence-electron chi connectivity index (χ4n) is 2.31. The van der Waals surface area contributed by atoms with E-state index in [1.54, 1.807) is 6.07 Å². The molecule has 1 heterocycles. The maximum atomic E-state index is 13.5. The Bertz CT molecular complexity index is 527. The maximum absolute atomic E-state index is 13.5. The minimum Gasteiger partial charge on any atom is -0.379 e. The van der Waals surface area contributed by atoms with Crippen LogP contribution in [0.3, 0.4) is 0 Å². The van der Waals surface area contributed by atoms with E-state index in [1.165, 1.54) is 6.07 Å². The summed E-state index contributed by atoms with van der Waals surface area (Å²) in [6, 6.07) is 5.08. The molecule has 0 aromatic heterocycles. The van der Waals surface area contributed by atoms with Gasteiger partial charge in [0.15, 0.2) is 5.96 Å². The van der Waals surface area contributed by atoms with E-state index in [2.05, 4.69) is 36.5 Å². The third kappa shape index (κ3) is 7.62. The van der Waals surface area contributed by atoms with Crippen LogP contribution in [0, 0.1) is 5.82 Å². The van der Waals surface area contributed by atoms with Gasteiger partial charge in [0.05, 0.1) is 24.2 Å². The van der Waals surface area contributed by atoms with Crippen LogP contribution in [0.5, 0.6) is 0 Å². The lowest BCUT2D eigenvalue weighted by molar-refractivity contribution is 0.0389. The Labute approximate surface area is 168 Å². The van der Waals surface area contributed by atoms with Gasteiger partial charge in [-0.05, 0) is 40.5 Å². The molecule has 0 aliphatic carbocycles. The molecule has 1 fully saturated rings. The van der Waals surface area contributed by atoms with Gasteiger partial charge in [-0.3, -0.25) is 4.90 Å². The molecule has 1 aliphatic heterocycles. The van der Waals surface area contributed by atoms with Gasteiger partial charge >= 0.3 is 0 Å². The second-order valence-electron chi connectivity index (χ2n) is 5.32. The van der Waals surface area contributed by atoms with Crippen LogP contribution in [0.15, 0.2) is 27.7 Å². The number of morpholine rings is 1. The number of benzene rings is 1. The molecule has 0 unspecified atom stereocenters. The van der Waals surface area contributed by atoms with Crippen molar-refractivity contribution in [3.8, 4) is 0 Å². The monoisotopic (exact) mass is 514 g/mol. The van der Waals surface area contributed by atoms with Crippen LogP contribution in [-0.4, -0.2) is 56.8 Å². The van der Waals surface area contributed by atoms with Crippen LogP contribution in [0.25, 0.3) is 0 Å². The zero-order valence-electron chi connectivity index (χ0n) is 13.9. The van der Waals surface area contributed by atoms with Crippen molar-refractivity contribution in [1.29, 1.82) is 0 Å². The van der Waals surface area contributed by atoms with Crippen LogP contribution >= 0.6 is 39.9 Å². The van der Waals surface area contributed by atoms with Gasteiger partial charge in [-0.15, -0.1) is 24.0 Å². The van der Waals surface area contributed by atoms with Crippen LogP contribution < -0.4 is 10.6 Å². The third-order valence-electron chi connectivity index (χ3n) is 3.57. The lowest BCUT2D eigenvalue weighted by Crippen LogP contribution is -2.44. The highest BCUT2D eigenvalue weighted by molar-refractivity contribution is 14.0. The van der Waals surface area contributed by atoms with Crippen molar-refractivity contribution >= 4 is 45.9 Å². The average Bonchev–Trinajstić information content (AvgIpc) is 2.56. The molecular formula is C16H25BrFIN4O. The molecule has 1 saturated heterocycles. The van der Waals surface area contributed by atoms with Crippen LogP contribution in [0.1, 0.15) is 12.5 Å². The van der Waals surface area contributed by atoms with Gasteiger partial charge in [0.25, 0.3) is 0 Å². The van der Waals surface area contributed by atoms with Crippen molar-refractivity contribution in [2.45, 2.75) is 13.5 Å². The molecule has 0 atom stereocenters. The Morgan fingerprint density at radius 3 is 2.75 bits per heavy atom. The predicted molar refractivity (Wildman–Crippen MR) is 110 cm³/mol. The molecule has 2 rings (SSSR count). The summed E-state index contributed by atoms with van der Waals surface area (Å²) in [5.41, 5.74) is 0.844. The van der Waals surface area contributed by atoms with E-state index in [0.717, 1.165) is 57.5 Å². The van der Waals surface area contributed by atoms with E-state index in [0.29, 0.717) is 11.0 Å². The van der Waals surface area contributed by atoms with E-state index >= 15 is 0 Å². The molecule has 1 aromatic rings. The zero-order chi connectivity index (χ0) is 16.5. The van der Waals surface area contributed by atoms with Gasteiger partial charge in [-0.25, -0.2) is 9.38 Å². The SMILES string of the molecule is CCNC(=NCc1ccc(Br)c(F)c1)NCCN1CCOCC1.I. The minimum absolute atomic E-state index is 0. The highest BCUT2D eigenvalue weighted by Crippen LogP contribution is 2.16. The number of nitrogens with one attached hydrogen (secondary N) is 2. The maximum Gasteiger partial charge on any atom is 0.191 e. The highest BCUT2D eigenvalue weighted by Gasteiger charge is 2.09. The first kappa shape index (κ1) is 21.6. The molecular weight excluding hydrogens is 490 g/mol. The van der Waals surface area contributed by atoms with Crippen molar-refractivity contribution in [1.82, 2.24) is 15.5 Å². The van der Waals surface area contributed by atoms with Crippen LogP contribution in [0.4, 0.5) is 4.39 Å². The standard InChI is InChI=1S/C16H24BrFN4O.HI/c1-2-19-16(20-5-6-22-7-9-23-10-8-22)21-12-13-3-4-14(17)15(18)11-13;/h3-4,11H,2,5-10,12H2,1H3,(H2,19,20,21);1H. The van der Waals surface area contributed by atoms with Crippen molar-refractivity contribution in [3.05, 3.63) is 34.1 Å². The largest absolute Gasteiger partial charge is 0.379 e. The van der Waals surface area contributed by atoms with Gasteiger partial charge in [-0.2, -0.15) is 0 Å². The number of hydrogen-bond acceptors (Lipinski definition) is 3. The molecule has 0 bridgehead atoms. The summed E-state index contributed by atoms with van der Waals surface area (Å²) < 4.78 is 19.3. The molecule has 24 heavy (non-hydrogen) atoms. The molecule has 0 amide bonds. The van der Waals surface area contributed by atoms with Crippen LogP contribution in [0.2, 0.25) is 0 Å². The average molecular weight is 515 g/mol. The summed E-state index contributed by atoms with van der Waals surface area (Å²) in [6.45, 7) is 8.61. The molecule has 2 N–H and O–H groups in total. The summed E-state index contributed by atoms with van der Waals surface area (Å²) in [7, 11) is 0. The van der Waals surface area contributed by atoms with Gasteiger partial charge in [0.2, 0.25) is 0 Å². The molecule has 0 radical (unpaired) electrons. The number of guanidine groups is 1. The summed E-state index contributed by atoms with van der Waals surface area (Å²) in [5.74, 6) is 0.493. The fourth-order valence-corrected chi connectivity index (χ4v) is 2.55. The summed E-state index contributed by atoms with van der Waals surface area (Å²) >= 11 is 3.16. The number of nitrogens with zero attached hydrogens (tertiary/aromatic N) is 2. The van der Waals surface area contributed by atoms with E-state index in [4.69, 9.17) is 4.74 Å². The van der Waals surface area contributed by atoms with Crippen molar-refractivity contribution in [3.63, 3.8) is 0 Å². The van der Waals surface area contributed by atoms with Crippen molar-refractivity contribution in [2.75, 3.05) is 45.9 Å². The second kappa shape index (κ2) is 12.0. The first-order chi connectivity index (χ1) is 11.2. The molecule has 5 nitrogen and oxygen atoms in total. The topological polar surface area (TPSA) is 48.9 Å². The molecule has 0 spiro atoms. The number of ether oxygens (including phenoxy) is 1. The van der Waals surface area contributed by atoms with E-state index in [1.807, 2.05) is 13.0 Å². The Morgan fingerprint density at radius 1 is 1.33 bits per heavy atom. The summed E-state index contributed by atoms with van der Waals surface area (Å²) in [4.78, 5) is 6.87. The quantitative estimate of drug-likeness (QED) is 0.348. The predicted octanol–water partition coefficient (Wildman–Crippen LogP) is 2.59. The van der Waals surface area contributed by atoms with E-state index in [9.17, 15) is 4.39 Å². The highest BCUT2D eigenvalue weighted by atomic mass is 127. The van der Waals surface area contributed by atoms with Gasteiger partial charge < -0.3 is 15.4 Å². The lowest BCUT2D eigenvalue weighted by atomic mass is 10.2. The Balaban J connectivity index is 0.00000288. The summed E-state index contributed by atoms with van der Waals surface area (Å²) in [5, 5.41) is 6.53. The Hall–Kier alpha value is -0.450. The van der Waals surface area contributed by atoms with E-state index < -0.39 is 0 Å². The fraction of sp³-hybridized carbons (Fsp3) is 0.562. The minimum atomic E-state index is -0.261. The summed E-state index contributed by atoms with van der Waals surface area (Å²) in [6.07, 6.45) is 0. The smallest absolute Gasteiger partial charge is 0.191 e. The van der Waals surface area contributed by atoms with E-state index in [-0.39, 0.29) is 29.8 Å². The normalized spacial score (nSPS) is 15.7. The first-order valence-corrected chi connectivity index (χ1v) is 8.74. The molecule has 8 heteroatoms. The molecule has 1 aromatic carbocycles. The first-order valence-electron chi connectivity index (χ1n) is 7.95. The Morgan fingerprint density at radius 2 is 2.08 bits per heavy atom. The lowest BCUT2D eigenvalue weighted by Gasteiger charge is -2.26. The molecule has 1 aliphatic rings. The van der Waals surface area contributed by atoms with Crippen molar-refractivity contribution in [2.24, 2.45) is 4.99 Å². The third-order valence-corrected chi connectivity index (χ3v) is 4.22. The number of aliphatic imine (C=N–C) groups is 1. The number of halogens is 3. The van der Waals surface area contributed by atoms with Crippen LogP contribution in [-0.2, 0) is 11.3 Å². The number of hydrogen-bond donors (Lipinski definition) is 2. The van der Waals surface area contributed by atoms with Gasteiger partial charge in [0.1, 0.15) is 5.82 Å². The second-order valence-corrected chi connectivity index (χ2v) is 6.18. The molecule has 0 saturated carbocycles. The van der Waals surface area contributed by atoms with Crippen molar-refractivity contribution < 1.29 is 9.13 Å². The molecule has 136 valence electrons. The zero-order valence-corrected chi connectivity index (χ0v) is 17.8. The number of rotatable bonds is 6.